The van der Waals surface area contributed by atoms with E-state index < -0.39 is 5.91 Å². The van der Waals surface area contributed by atoms with Crippen LogP contribution in [0.2, 0.25) is 0 Å². The van der Waals surface area contributed by atoms with Crippen LogP contribution in [0.15, 0.2) is 0 Å². The Morgan fingerprint density at radius 3 is 2.53 bits per heavy atom. The Labute approximate surface area is 93.0 Å². The molecule has 84 valence electrons. The lowest BCUT2D eigenvalue weighted by Gasteiger charge is -2.17. The number of carbonyl (C=O) groups excluding carboxylic acids is 1. The molecule has 0 aliphatic heterocycles. The van der Waals surface area contributed by atoms with Crippen LogP contribution in [0, 0.1) is 5.92 Å². The molecule has 5 N–H and O–H groups in total. The van der Waals surface area contributed by atoms with Crippen LogP contribution in [0.5, 0.6) is 0 Å². The van der Waals surface area contributed by atoms with Crippen molar-refractivity contribution < 1.29 is 4.79 Å². The van der Waals surface area contributed by atoms with Crippen molar-refractivity contribution in [2.24, 2.45) is 11.7 Å². The van der Waals surface area contributed by atoms with Crippen molar-refractivity contribution in [3.05, 3.63) is 5.56 Å². The predicted octanol–water partition coefficient (Wildman–Crippen LogP) is 1.28. The molecule has 0 fully saturated rings. The van der Waals surface area contributed by atoms with Gasteiger partial charge in [-0.15, -0.1) is 0 Å². The van der Waals surface area contributed by atoms with Crippen molar-refractivity contribution in [2.75, 3.05) is 11.1 Å². The van der Waals surface area contributed by atoms with Crippen molar-refractivity contribution in [2.45, 2.75) is 26.8 Å². The quantitative estimate of drug-likeness (QED) is 0.723. The summed E-state index contributed by atoms with van der Waals surface area (Å²) in [5.41, 5.74) is 11.1. The SMILES string of the molecule is CC(C)C(C)Nc1snc(N)c1C(N)=O. The van der Waals surface area contributed by atoms with E-state index in [1.54, 1.807) is 0 Å². The van der Waals surface area contributed by atoms with Crippen LogP contribution in [0.1, 0.15) is 31.1 Å². The predicted molar refractivity (Wildman–Crippen MR) is 63.0 cm³/mol. The third kappa shape index (κ3) is 2.59. The molecule has 1 heterocycles. The highest BCUT2D eigenvalue weighted by Crippen LogP contribution is 2.27. The van der Waals surface area contributed by atoms with Crippen LogP contribution in [0.4, 0.5) is 10.8 Å². The number of carbonyl (C=O) groups is 1. The molecule has 0 bridgehead atoms. The third-order valence-corrected chi connectivity index (χ3v) is 3.12. The second kappa shape index (κ2) is 4.48. The van der Waals surface area contributed by atoms with Gasteiger partial charge in [-0.25, -0.2) is 0 Å². The number of nitrogens with two attached hydrogens (primary N) is 2. The lowest BCUT2D eigenvalue weighted by atomic mass is 10.1. The van der Waals surface area contributed by atoms with E-state index in [2.05, 4.69) is 23.5 Å². The summed E-state index contributed by atoms with van der Waals surface area (Å²) in [6, 6.07) is 0.239. The van der Waals surface area contributed by atoms with Crippen LogP contribution < -0.4 is 16.8 Å². The maximum Gasteiger partial charge on any atom is 0.255 e. The van der Waals surface area contributed by atoms with Gasteiger partial charge in [0.25, 0.3) is 5.91 Å². The van der Waals surface area contributed by atoms with Gasteiger partial charge in [0.15, 0.2) is 5.82 Å². The number of anilines is 2. The molecule has 1 aromatic heterocycles. The van der Waals surface area contributed by atoms with Crippen LogP contribution in [-0.4, -0.2) is 16.3 Å². The van der Waals surface area contributed by atoms with E-state index in [4.69, 9.17) is 11.5 Å². The van der Waals surface area contributed by atoms with Crippen LogP contribution >= 0.6 is 11.5 Å². The van der Waals surface area contributed by atoms with Gasteiger partial charge in [-0.3, -0.25) is 4.79 Å². The van der Waals surface area contributed by atoms with Gasteiger partial charge < -0.3 is 16.8 Å². The molecule has 0 aromatic carbocycles. The Morgan fingerprint density at radius 1 is 1.47 bits per heavy atom. The summed E-state index contributed by atoms with van der Waals surface area (Å²) in [7, 11) is 0. The maximum atomic E-state index is 11.1. The monoisotopic (exact) mass is 228 g/mol. The Morgan fingerprint density at radius 2 is 2.07 bits per heavy atom. The fraction of sp³-hybridized carbons (Fsp3) is 0.556. The first-order valence-corrected chi connectivity index (χ1v) is 5.52. The summed E-state index contributed by atoms with van der Waals surface area (Å²) >= 11 is 1.16. The minimum atomic E-state index is -0.542. The molecule has 0 saturated carbocycles. The van der Waals surface area contributed by atoms with Crippen molar-refractivity contribution in [1.82, 2.24) is 4.37 Å². The lowest BCUT2D eigenvalue weighted by Crippen LogP contribution is -2.23. The zero-order chi connectivity index (χ0) is 11.6. The molecule has 6 heteroatoms. The summed E-state index contributed by atoms with van der Waals surface area (Å²) in [5.74, 6) is 0.111. The first kappa shape index (κ1) is 11.8. The van der Waals surface area contributed by atoms with Crippen LogP contribution in [0.25, 0.3) is 0 Å². The number of nitrogens with zero attached hydrogens (tertiary/aromatic N) is 1. The van der Waals surface area contributed by atoms with Gasteiger partial charge in [-0.1, -0.05) is 13.8 Å². The van der Waals surface area contributed by atoms with E-state index in [9.17, 15) is 4.79 Å². The van der Waals surface area contributed by atoms with Crippen LogP contribution in [0.3, 0.4) is 0 Å². The Balaban J connectivity index is 2.91. The highest BCUT2D eigenvalue weighted by molar-refractivity contribution is 7.11. The summed E-state index contributed by atoms with van der Waals surface area (Å²) < 4.78 is 3.91. The third-order valence-electron chi connectivity index (χ3n) is 2.32. The summed E-state index contributed by atoms with van der Waals surface area (Å²) in [4.78, 5) is 11.1. The standard InChI is InChI=1S/C9H16N4OS/c1-4(2)5(3)12-9-6(8(11)14)7(10)13-15-9/h4-5,12H,1-3H3,(H2,10,13)(H2,11,14). The van der Waals surface area contributed by atoms with E-state index >= 15 is 0 Å². The molecular weight excluding hydrogens is 212 g/mol. The van der Waals surface area contributed by atoms with E-state index in [-0.39, 0.29) is 11.9 Å². The molecule has 0 aliphatic carbocycles. The molecule has 1 unspecified atom stereocenters. The van der Waals surface area contributed by atoms with Gasteiger partial charge in [0.05, 0.1) is 0 Å². The number of nitrogens with one attached hydrogen (secondary N) is 1. The van der Waals surface area contributed by atoms with Crippen LogP contribution in [-0.2, 0) is 0 Å². The van der Waals surface area contributed by atoms with Gasteiger partial charge in [0.1, 0.15) is 10.6 Å². The molecule has 15 heavy (non-hydrogen) atoms. The Hall–Kier alpha value is -1.30. The van der Waals surface area contributed by atoms with Crippen molar-refractivity contribution in [3.8, 4) is 0 Å². The topological polar surface area (TPSA) is 94.0 Å². The second-order valence-electron chi connectivity index (χ2n) is 3.81. The van der Waals surface area contributed by atoms with Crippen molar-refractivity contribution in [3.63, 3.8) is 0 Å². The fourth-order valence-corrected chi connectivity index (χ4v) is 1.83. The number of nitrogen functional groups attached to an aromatic ring is 1. The molecule has 0 saturated heterocycles. The molecule has 0 radical (unpaired) electrons. The summed E-state index contributed by atoms with van der Waals surface area (Å²) in [5, 5.41) is 3.84. The van der Waals surface area contributed by atoms with Gasteiger partial charge in [-0.05, 0) is 24.4 Å². The highest BCUT2D eigenvalue weighted by Gasteiger charge is 2.18. The smallest absolute Gasteiger partial charge is 0.255 e. The van der Waals surface area contributed by atoms with Crippen molar-refractivity contribution >= 4 is 28.3 Å². The first-order valence-electron chi connectivity index (χ1n) is 4.75. The minimum absolute atomic E-state index is 0.200. The molecular formula is C9H16N4OS. The Kier molecular flexibility index (Phi) is 3.52. The zero-order valence-electron chi connectivity index (χ0n) is 9.07. The van der Waals surface area contributed by atoms with Crippen molar-refractivity contribution in [1.29, 1.82) is 0 Å². The number of rotatable bonds is 4. The Bertz CT molecular complexity index is 361. The fourth-order valence-electron chi connectivity index (χ4n) is 1.01. The molecule has 1 aromatic rings. The minimum Gasteiger partial charge on any atom is -0.382 e. The average Bonchev–Trinajstić information content (AvgIpc) is 2.46. The molecule has 5 nitrogen and oxygen atoms in total. The summed E-state index contributed by atoms with van der Waals surface area (Å²) in [6.07, 6.45) is 0. The first-order chi connectivity index (χ1) is 6.93. The highest BCUT2D eigenvalue weighted by atomic mass is 32.1. The van der Waals surface area contributed by atoms with Gasteiger partial charge in [0, 0.05) is 6.04 Å². The molecule has 1 atom stereocenters. The van der Waals surface area contributed by atoms with Gasteiger partial charge in [-0.2, -0.15) is 4.37 Å². The summed E-state index contributed by atoms with van der Waals surface area (Å²) in [6.45, 7) is 6.21. The van der Waals surface area contributed by atoms with E-state index in [1.165, 1.54) is 0 Å². The molecule has 0 spiro atoms. The van der Waals surface area contributed by atoms with E-state index in [0.717, 1.165) is 11.5 Å². The maximum absolute atomic E-state index is 11.1. The number of hydrogen-bond acceptors (Lipinski definition) is 5. The lowest BCUT2D eigenvalue weighted by molar-refractivity contribution is 0.100. The average molecular weight is 228 g/mol. The van der Waals surface area contributed by atoms with E-state index in [0.29, 0.717) is 16.5 Å². The molecule has 1 rings (SSSR count). The largest absolute Gasteiger partial charge is 0.382 e. The number of aromatic nitrogens is 1. The molecule has 0 aliphatic rings. The number of primary amides is 1. The number of hydrogen-bond donors (Lipinski definition) is 3. The van der Waals surface area contributed by atoms with Gasteiger partial charge >= 0.3 is 0 Å². The zero-order valence-corrected chi connectivity index (χ0v) is 9.89. The number of amides is 1. The van der Waals surface area contributed by atoms with Gasteiger partial charge in [0.2, 0.25) is 0 Å². The molecule has 1 amide bonds. The van der Waals surface area contributed by atoms with E-state index in [1.807, 2.05) is 6.92 Å². The second-order valence-corrected chi connectivity index (χ2v) is 4.59. The normalized spacial score (nSPS) is 12.8.